The van der Waals surface area contributed by atoms with Gasteiger partial charge in [-0.1, -0.05) is 91.0 Å². The summed E-state index contributed by atoms with van der Waals surface area (Å²) in [6, 6.07) is 32.0. The Morgan fingerprint density at radius 3 is 0.900 bits per heavy atom. The molecular formula is C19H20Sn. The van der Waals surface area contributed by atoms with E-state index in [4.69, 9.17) is 0 Å². The quantitative estimate of drug-likeness (QED) is 0.492. The minimum atomic E-state index is 0. The molecule has 0 amide bonds. The smallest absolute Gasteiger partial charge is 0.0339 e. The van der Waals surface area contributed by atoms with Crippen LogP contribution in [0.25, 0.3) is 0 Å². The summed E-state index contributed by atoms with van der Waals surface area (Å²) in [4.78, 5) is 0. The van der Waals surface area contributed by atoms with Crippen molar-refractivity contribution in [1.29, 1.82) is 0 Å². The van der Waals surface area contributed by atoms with Crippen molar-refractivity contribution in [2.75, 3.05) is 0 Å². The van der Waals surface area contributed by atoms with Crippen LogP contribution in [0.15, 0.2) is 91.0 Å². The van der Waals surface area contributed by atoms with Crippen molar-refractivity contribution in [2.24, 2.45) is 0 Å². The van der Waals surface area contributed by atoms with E-state index in [1.54, 1.807) is 0 Å². The second-order valence-corrected chi connectivity index (χ2v) is 4.67. The zero-order valence-electron chi connectivity index (χ0n) is 10.7. The van der Waals surface area contributed by atoms with Crippen LogP contribution in [0.3, 0.4) is 0 Å². The van der Waals surface area contributed by atoms with Gasteiger partial charge in [-0.15, -0.1) is 0 Å². The van der Waals surface area contributed by atoms with E-state index in [-0.39, 0.29) is 23.9 Å². The van der Waals surface area contributed by atoms with E-state index < -0.39 is 0 Å². The Balaban J connectivity index is 0.00000147. The monoisotopic (exact) mass is 368 g/mol. The summed E-state index contributed by atoms with van der Waals surface area (Å²) in [6.45, 7) is 0. The fourth-order valence-corrected chi connectivity index (χ4v) is 2.51. The fourth-order valence-electron chi connectivity index (χ4n) is 2.51. The minimum Gasteiger partial charge on any atom is -0.0622 e. The maximum Gasteiger partial charge on any atom is 0.0339 e. The van der Waals surface area contributed by atoms with Crippen LogP contribution in [-0.4, -0.2) is 23.9 Å². The van der Waals surface area contributed by atoms with Gasteiger partial charge in [-0.25, -0.2) is 0 Å². The van der Waals surface area contributed by atoms with Crippen LogP contribution in [-0.2, 0) is 0 Å². The van der Waals surface area contributed by atoms with E-state index in [1.165, 1.54) is 16.7 Å². The molecule has 0 aliphatic heterocycles. The van der Waals surface area contributed by atoms with E-state index in [9.17, 15) is 0 Å². The first-order valence-electron chi connectivity index (χ1n) is 6.60. The molecule has 0 aliphatic rings. The van der Waals surface area contributed by atoms with Gasteiger partial charge in [-0.3, -0.25) is 0 Å². The van der Waals surface area contributed by atoms with Crippen LogP contribution in [0.5, 0.6) is 0 Å². The normalized spacial score (nSPS) is 10.1. The van der Waals surface area contributed by atoms with Gasteiger partial charge in [-0.2, -0.15) is 0 Å². The van der Waals surface area contributed by atoms with Crippen molar-refractivity contribution in [3.05, 3.63) is 108 Å². The van der Waals surface area contributed by atoms with Gasteiger partial charge in [0.1, 0.15) is 0 Å². The second-order valence-electron chi connectivity index (χ2n) is 4.67. The second kappa shape index (κ2) is 7.30. The van der Waals surface area contributed by atoms with Crippen LogP contribution in [0.4, 0.5) is 0 Å². The molecule has 0 aromatic heterocycles. The Morgan fingerprint density at radius 1 is 0.400 bits per heavy atom. The molecule has 0 atom stereocenters. The van der Waals surface area contributed by atoms with Crippen molar-refractivity contribution >= 4 is 23.9 Å². The van der Waals surface area contributed by atoms with E-state index in [2.05, 4.69) is 91.0 Å². The van der Waals surface area contributed by atoms with Crippen LogP contribution in [0.1, 0.15) is 22.6 Å². The average molecular weight is 367 g/mol. The molecule has 100 valence electrons. The van der Waals surface area contributed by atoms with Gasteiger partial charge in [0.2, 0.25) is 0 Å². The molecule has 3 aromatic rings. The number of benzene rings is 3. The Morgan fingerprint density at radius 2 is 0.650 bits per heavy atom. The Labute approximate surface area is 137 Å². The SMILES string of the molecule is [SnH4].c1ccc(C(c2ccccc2)c2ccccc2)cc1. The van der Waals surface area contributed by atoms with Gasteiger partial charge in [-0.05, 0) is 16.7 Å². The number of rotatable bonds is 3. The summed E-state index contributed by atoms with van der Waals surface area (Å²) in [5, 5.41) is 0. The molecule has 0 nitrogen and oxygen atoms in total. The molecule has 0 saturated heterocycles. The summed E-state index contributed by atoms with van der Waals surface area (Å²) in [5.74, 6) is 0.309. The predicted octanol–water partition coefficient (Wildman–Crippen LogP) is 3.42. The molecule has 20 heavy (non-hydrogen) atoms. The standard InChI is InChI=1S/C19H16.Sn.4H/c1-4-10-16(11-5-1)19(17-12-6-2-7-13-17)18-14-8-3-9-15-18;;;;;/h1-15,19H;;;;;. The van der Waals surface area contributed by atoms with Crippen LogP contribution in [0, 0.1) is 0 Å². The van der Waals surface area contributed by atoms with Crippen molar-refractivity contribution in [2.45, 2.75) is 5.92 Å². The molecule has 0 spiro atoms. The molecule has 1 heteroatoms. The Hall–Kier alpha value is -1.54. The first-order valence-corrected chi connectivity index (χ1v) is 6.60. The first-order chi connectivity index (χ1) is 9.45. The van der Waals surface area contributed by atoms with Gasteiger partial charge in [0.05, 0.1) is 0 Å². The summed E-state index contributed by atoms with van der Waals surface area (Å²) in [5.41, 5.74) is 4.00. The zero-order valence-corrected chi connectivity index (χ0v) is 10.7. The third-order valence-corrected chi connectivity index (χ3v) is 3.40. The Bertz CT molecular complexity index is 524. The minimum absolute atomic E-state index is 0. The average Bonchev–Trinajstić information content (AvgIpc) is 2.51. The molecule has 3 aromatic carbocycles. The largest absolute Gasteiger partial charge is 0.0622 e. The topological polar surface area (TPSA) is 0 Å². The van der Waals surface area contributed by atoms with Crippen LogP contribution in [0.2, 0.25) is 0 Å². The third-order valence-electron chi connectivity index (χ3n) is 3.40. The van der Waals surface area contributed by atoms with Crippen LogP contribution < -0.4 is 0 Å². The van der Waals surface area contributed by atoms with Gasteiger partial charge in [0.15, 0.2) is 0 Å². The van der Waals surface area contributed by atoms with Gasteiger partial charge in [0, 0.05) is 5.92 Å². The summed E-state index contributed by atoms with van der Waals surface area (Å²) in [6.07, 6.45) is 0. The molecule has 0 heterocycles. The maximum absolute atomic E-state index is 2.20. The van der Waals surface area contributed by atoms with E-state index >= 15 is 0 Å². The van der Waals surface area contributed by atoms with Crippen molar-refractivity contribution in [1.82, 2.24) is 0 Å². The summed E-state index contributed by atoms with van der Waals surface area (Å²) < 4.78 is 0. The zero-order chi connectivity index (χ0) is 12.9. The molecule has 0 unspecified atom stereocenters. The van der Waals surface area contributed by atoms with E-state index in [1.807, 2.05) is 0 Å². The summed E-state index contributed by atoms with van der Waals surface area (Å²) >= 11 is 0. The van der Waals surface area contributed by atoms with Crippen molar-refractivity contribution in [3.63, 3.8) is 0 Å². The number of hydrogen-bond donors (Lipinski definition) is 0. The van der Waals surface area contributed by atoms with E-state index in [0.717, 1.165) is 0 Å². The van der Waals surface area contributed by atoms with E-state index in [0.29, 0.717) is 5.92 Å². The fraction of sp³-hybridized carbons (Fsp3) is 0.0526. The molecule has 0 radical (unpaired) electrons. The molecular weight excluding hydrogens is 347 g/mol. The van der Waals surface area contributed by atoms with Gasteiger partial charge in [0.25, 0.3) is 0 Å². The maximum atomic E-state index is 2.20. The molecule has 0 N–H and O–H groups in total. The van der Waals surface area contributed by atoms with Crippen molar-refractivity contribution < 1.29 is 0 Å². The van der Waals surface area contributed by atoms with Crippen molar-refractivity contribution in [3.8, 4) is 0 Å². The molecule has 0 bridgehead atoms. The third kappa shape index (κ3) is 3.31. The van der Waals surface area contributed by atoms with Crippen LogP contribution >= 0.6 is 0 Å². The molecule has 0 fully saturated rings. The molecule has 3 rings (SSSR count). The Kier molecular flexibility index (Phi) is 5.42. The van der Waals surface area contributed by atoms with Gasteiger partial charge >= 0.3 is 23.9 Å². The molecule has 0 aliphatic carbocycles. The summed E-state index contributed by atoms with van der Waals surface area (Å²) in [7, 11) is 0. The first kappa shape index (κ1) is 14.9. The molecule has 0 saturated carbocycles. The predicted molar refractivity (Wildman–Crippen MR) is 91.6 cm³/mol. The van der Waals surface area contributed by atoms with Gasteiger partial charge < -0.3 is 0 Å². The number of hydrogen-bond acceptors (Lipinski definition) is 0.